The Morgan fingerprint density at radius 2 is 2.06 bits per heavy atom. The van der Waals surface area contributed by atoms with Crippen LogP contribution in [0.2, 0.25) is 0 Å². The van der Waals surface area contributed by atoms with Gasteiger partial charge < -0.3 is 10.1 Å². The first-order valence-corrected chi connectivity index (χ1v) is 6.06. The molecule has 17 heavy (non-hydrogen) atoms. The van der Waals surface area contributed by atoms with E-state index in [1.54, 1.807) is 7.11 Å². The van der Waals surface area contributed by atoms with Gasteiger partial charge in [0.25, 0.3) is 0 Å². The van der Waals surface area contributed by atoms with Crippen molar-refractivity contribution in [1.29, 1.82) is 0 Å². The zero-order valence-corrected chi connectivity index (χ0v) is 11.1. The van der Waals surface area contributed by atoms with Gasteiger partial charge in [0, 0.05) is 29.0 Å². The molecule has 2 aromatic rings. The number of halogens is 1. The number of benzene rings is 1. The van der Waals surface area contributed by atoms with Gasteiger partial charge in [-0.1, -0.05) is 18.2 Å². The lowest BCUT2D eigenvalue weighted by atomic mass is 10.2. The van der Waals surface area contributed by atoms with Crippen LogP contribution in [0, 0.1) is 0 Å². The Morgan fingerprint density at radius 1 is 1.24 bits per heavy atom. The number of nitrogens with one attached hydrogen (secondary N) is 1. The molecule has 0 atom stereocenters. The first kappa shape index (κ1) is 11.9. The second-order valence-electron chi connectivity index (χ2n) is 3.54. The van der Waals surface area contributed by atoms with E-state index in [2.05, 4.69) is 26.2 Å². The zero-order chi connectivity index (χ0) is 12.1. The van der Waals surface area contributed by atoms with E-state index in [9.17, 15) is 0 Å². The summed E-state index contributed by atoms with van der Waals surface area (Å²) >= 11 is 3.49. The minimum absolute atomic E-state index is 0.634. The molecule has 0 radical (unpaired) electrons. The Balaban J connectivity index is 2.00. The molecule has 4 heteroatoms. The fourth-order valence-corrected chi connectivity index (χ4v) is 1.86. The minimum Gasteiger partial charge on any atom is -0.481 e. The fourth-order valence-electron chi connectivity index (χ4n) is 1.44. The summed E-state index contributed by atoms with van der Waals surface area (Å²) < 4.78 is 6.07. The van der Waals surface area contributed by atoms with Crippen LogP contribution in [0.5, 0.6) is 5.88 Å². The summed E-state index contributed by atoms with van der Waals surface area (Å²) in [4.78, 5) is 4.16. The van der Waals surface area contributed by atoms with Gasteiger partial charge in [-0.15, -0.1) is 0 Å². The molecule has 1 N–H and O–H groups in total. The van der Waals surface area contributed by atoms with Crippen LogP contribution in [0.3, 0.4) is 0 Å². The van der Waals surface area contributed by atoms with Crippen molar-refractivity contribution in [1.82, 2.24) is 4.98 Å². The molecule has 1 heterocycles. The molecule has 0 aliphatic heterocycles. The monoisotopic (exact) mass is 292 g/mol. The van der Waals surface area contributed by atoms with E-state index in [0.29, 0.717) is 5.88 Å². The van der Waals surface area contributed by atoms with Crippen LogP contribution in [0.1, 0.15) is 5.56 Å². The van der Waals surface area contributed by atoms with Crippen LogP contribution >= 0.6 is 15.9 Å². The van der Waals surface area contributed by atoms with Gasteiger partial charge in [-0.25, -0.2) is 4.98 Å². The quantitative estimate of drug-likeness (QED) is 0.937. The van der Waals surface area contributed by atoms with Crippen LogP contribution in [-0.4, -0.2) is 12.1 Å². The Bertz CT molecular complexity index is 485. The molecule has 0 spiro atoms. The van der Waals surface area contributed by atoms with Crippen LogP contribution in [0.15, 0.2) is 47.1 Å². The molecule has 2 rings (SSSR count). The van der Waals surface area contributed by atoms with Gasteiger partial charge in [-0.3, -0.25) is 0 Å². The van der Waals surface area contributed by atoms with Gasteiger partial charge in [0.2, 0.25) is 5.88 Å². The van der Waals surface area contributed by atoms with E-state index in [0.717, 1.165) is 22.3 Å². The number of pyridine rings is 1. The molecule has 0 fully saturated rings. The lowest BCUT2D eigenvalue weighted by Crippen LogP contribution is -2.00. The number of anilines is 1. The SMILES string of the molecule is COc1ccc(CNc2ccccc2Br)cn1. The lowest BCUT2D eigenvalue weighted by molar-refractivity contribution is 0.397. The number of hydrogen-bond acceptors (Lipinski definition) is 3. The minimum atomic E-state index is 0.634. The summed E-state index contributed by atoms with van der Waals surface area (Å²) in [5, 5.41) is 3.34. The van der Waals surface area contributed by atoms with Crippen LogP contribution in [0.4, 0.5) is 5.69 Å². The molecule has 0 saturated heterocycles. The number of para-hydroxylation sites is 1. The fraction of sp³-hybridized carbons (Fsp3) is 0.154. The highest BCUT2D eigenvalue weighted by atomic mass is 79.9. The van der Waals surface area contributed by atoms with E-state index in [1.165, 1.54) is 0 Å². The number of rotatable bonds is 4. The highest BCUT2D eigenvalue weighted by molar-refractivity contribution is 9.10. The van der Waals surface area contributed by atoms with E-state index in [-0.39, 0.29) is 0 Å². The van der Waals surface area contributed by atoms with Crippen molar-refractivity contribution in [2.75, 3.05) is 12.4 Å². The Labute approximate surface area is 109 Å². The summed E-state index contributed by atoms with van der Waals surface area (Å²) in [5.74, 6) is 0.634. The number of ether oxygens (including phenoxy) is 1. The highest BCUT2D eigenvalue weighted by Gasteiger charge is 1.99. The van der Waals surface area contributed by atoms with Crippen molar-refractivity contribution in [3.63, 3.8) is 0 Å². The largest absolute Gasteiger partial charge is 0.481 e. The predicted octanol–water partition coefficient (Wildman–Crippen LogP) is 3.46. The molecule has 0 aliphatic rings. The first-order valence-electron chi connectivity index (χ1n) is 5.27. The van der Waals surface area contributed by atoms with Crippen molar-refractivity contribution in [3.05, 3.63) is 52.6 Å². The highest BCUT2D eigenvalue weighted by Crippen LogP contribution is 2.21. The zero-order valence-electron chi connectivity index (χ0n) is 9.48. The smallest absolute Gasteiger partial charge is 0.212 e. The Hall–Kier alpha value is -1.55. The van der Waals surface area contributed by atoms with Crippen molar-refractivity contribution in [2.24, 2.45) is 0 Å². The summed E-state index contributed by atoms with van der Waals surface area (Å²) in [6.45, 7) is 0.736. The summed E-state index contributed by atoms with van der Waals surface area (Å²) in [6, 6.07) is 11.9. The molecule has 0 amide bonds. The van der Waals surface area contributed by atoms with Crippen molar-refractivity contribution in [3.8, 4) is 5.88 Å². The molecular weight excluding hydrogens is 280 g/mol. The summed E-state index contributed by atoms with van der Waals surface area (Å²) in [7, 11) is 1.61. The van der Waals surface area contributed by atoms with Gasteiger partial charge in [-0.05, 0) is 33.6 Å². The van der Waals surface area contributed by atoms with Crippen molar-refractivity contribution in [2.45, 2.75) is 6.54 Å². The van der Waals surface area contributed by atoms with E-state index >= 15 is 0 Å². The number of nitrogens with zero attached hydrogens (tertiary/aromatic N) is 1. The van der Waals surface area contributed by atoms with E-state index in [4.69, 9.17) is 4.74 Å². The van der Waals surface area contributed by atoms with E-state index in [1.807, 2.05) is 42.6 Å². The maximum atomic E-state index is 5.01. The molecule has 0 saturated carbocycles. The van der Waals surface area contributed by atoms with Crippen molar-refractivity contribution >= 4 is 21.6 Å². The second-order valence-corrected chi connectivity index (χ2v) is 4.40. The topological polar surface area (TPSA) is 34.1 Å². The Kier molecular flexibility index (Phi) is 3.98. The van der Waals surface area contributed by atoms with Crippen molar-refractivity contribution < 1.29 is 4.74 Å². The average molecular weight is 293 g/mol. The molecular formula is C13H13BrN2O. The van der Waals surface area contributed by atoms with Gasteiger partial charge in [0.15, 0.2) is 0 Å². The maximum Gasteiger partial charge on any atom is 0.212 e. The first-order chi connectivity index (χ1) is 8.29. The number of hydrogen-bond donors (Lipinski definition) is 1. The average Bonchev–Trinajstić information content (AvgIpc) is 2.38. The van der Waals surface area contributed by atoms with Crippen LogP contribution in [-0.2, 0) is 6.54 Å². The molecule has 1 aromatic carbocycles. The molecule has 0 unspecified atom stereocenters. The van der Waals surface area contributed by atoms with Gasteiger partial charge >= 0.3 is 0 Å². The predicted molar refractivity (Wildman–Crippen MR) is 72.3 cm³/mol. The molecule has 0 bridgehead atoms. The standard InChI is InChI=1S/C13H13BrN2O/c1-17-13-7-6-10(9-16-13)8-15-12-5-3-2-4-11(12)14/h2-7,9,15H,8H2,1H3. The molecule has 3 nitrogen and oxygen atoms in total. The Morgan fingerprint density at radius 3 is 2.71 bits per heavy atom. The van der Waals surface area contributed by atoms with Crippen LogP contribution in [0.25, 0.3) is 0 Å². The maximum absolute atomic E-state index is 5.01. The van der Waals surface area contributed by atoms with Crippen LogP contribution < -0.4 is 10.1 Å². The van der Waals surface area contributed by atoms with Gasteiger partial charge in [0.1, 0.15) is 0 Å². The second kappa shape index (κ2) is 5.68. The normalized spacial score (nSPS) is 10.0. The summed E-state index contributed by atoms with van der Waals surface area (Å²) in [6.07, 6.45) is 1.81. The van der Waals surface area contributed by atoms with E-state index < -0.39 is 0 Å². The third-order valence-corrected chi connectivity index (χ3v) is 3.06. The third kappa shape index (κ3) is 3.20. The third-order valence-electron chi connectivity index (χ3n) is 2.36. The van der Waals surface area contributed by atoms with Gasteiger partial charge in [0.05, 0.1) is 7.11 Å². The van der Waals surface area contributed by atoms with Gasteiger partial charge in [-0.2, -0.15) is 0 Å². The molecule has 88 valence electrons. The molecule has 1 aromatic heterocycles. The number of methoxy groups -OCH3 is 1. The molecule has 0 aliphatic carbocycles. The number of aromatic nitrogens is 1. The lowest BCUT2D eigenvalue weighted by Gasteiger charge is -2.08. The summed E-state index contributed by atoms with van der Waals surface area (Å²) in [5.41, 5.74) is 2.19.